The van der Waals surface area contributed by atoms with E-state index in [1.54, 1.807) is 7.11 Å². The summed E-state index contributed by atoms with van der Waals surface area (Å²) in [5, 5.41) is 0.587. The molecule has 1 aromatic heterocycles. The van der Waals surface area contributed by atoms with Gasteiger partial charge in [-0.05, 0) is 23.6 Å². The second kappa shape index (κ2) is 3.70. The molecule has 0 unspecified atom stereocenters. The van der Waals surface area contributed by atoms with Crippen LogP contribution in [0.15, 0.2) is 12.1 Å². The first kappa shape index (κ1) is 10.2. The largest absolute Gasteiger partial charge is 0.494 e. The van der Waals surface area contributed by atoms with Crippen LogP contribution in [0.25, 0.3) is 10.2 Å². The van der Waals surface area contributed by atoms with Crippen molar-refractivity contribution < 1.29 is 4.74 Å². The quantitative estimate of drug-likeness (QED) is 0.849. The molecule has 0 fully saturated rings. The third kappa shape index (κ3) is 1.77. The van der Waals surface area contributed by atoms with Crippen molar-refractivity contribution in [3.63, 3.8) is 0 Å². The minimum absolute atomic E-state index is 0.478. The van der Waals surface area contributed by atoms with E-state index < -0.39 is 0 Å². The van der Waals surface area contributed by atoms with Crippen LogP contribution in [0.2, 0.25) is 0 Å². The number of aromatic nitrogens is 1. The number of rotatable bonds is 2. The highest BCUT2D eigenvalue weighted by Gasteiger charge is 2.10. The Kier molecular flexibility index (Phi) is 2.52. The number of anilines is 1. The topological polar surface area (TPSA) is 48.1 Å². The predicted molar refractivity (Wildman–Crippen MR) is 64.7 cm³/mol. The summed E-state index contributed by atoms with van der Waals surface area (Å²) in [4.78, 5) is 4.26. The van der Waals surface area contributed by atoms with Gasteiger partial charge in [0.1, 0.15) is 11.3 Å². The zero-order valence-corrected chi connectivity index (χ0v) is 9.89. The summed E-state index contributed by atoms with van der Waals surface area (Å²) >= 11 is 1.50. The summed E-state index contributed by atoms with van der Waals surface area (Å²) in [6.45, 7) is 4.32. The molecule has 0 aliphatic rings. The number of methoxy groups -OCH3 is 1. The van der Waals surface area contributed by atoms with Gasteiger partial charge in [0.15, 0.2) is 5.13 Å². The molecule has 1 heterocycles. The van der Waals surface area contributed by atoms with Crippen molar-refractivity contribution in [1.82, 2.24) is 4.98 Å². The Morgan fingerprint density at radius 3 is 2.73 bits per heavy atom. The van der Waals surface area contributed by atoms with Gasteiger partial charge >= 0.3 is 0 Å². The Bertz CT molecular complexity index is 491. The molecular weight excluding hydrogens is 208 g/mol. The number of hydrogen-bond acceptors (Lipinski definition) is 4. The van der Waals surface area contributed by atoms with Gasteiger partial charge in [0.2, 0.25) is 0 Å². The predicted octanol–water partition coefficient (Wildman–Crippen LogP) is 3.01. The molecule has 0 amide bonds. The van der Waals surface area contributed by atoms with Crippen molar-refractivity contribution in [2.75, 3.05) is 12.8 Å². The molecule has 0 aliphatic heterocycles. The van der Waals surface area contributed by atoms with Crippen LogP contribution in [0.3, 0.4) is 0 Å². The summed E-state index contributed by atoms with van der Waals surface area (Å²) in [5.41, 5.74) is 7.81. The molecule has 0 aliphatic carbocycles. The first-order chi connectivity index (χ1) is 7.11. The van der Waals surface area contributed by atoms with E-state index in [1.807, 2.05) is 6.07 Å². The van der Waals surface area contributed by atoms with Crippen molar-refractivity contribution in [3.05, 3.63) is 17.7 Å². The molecule has 1 aromatic carbocycles. The van der Waals surface area contributed by atoms with E-state index in [-0.39, 0.29) is 0 Å². The minimum atomic E-state index is 0.478. The number of fused-ring (bicyclic) bond motifs is 1. The fourth-order valence-corrected chi connectivity index (χ4v) is 2.33. The summed E-state index contributed by atoms with van der Waals surface area (Å²) < 4.78 is 6.41. The molecular formula is C11H14N2OS. The number of nitrogens with zero attached hydrogens (tertiary/aromatic N) is 1. The van der Waals surface area contributed by atoms with Crippen molar-refractivity contribution in [2.24, 2.45) is 0 Å². The standard InChI is InChI=1S/C11H14N2OS/c1-6(2)7-4-8(14-3)10-9(5-7)15-11(12)13-10/h4-6H,1-3H3,(H2,12,13). The van der Waals surface area contributed by atoms with Crippen LogP contribution < -0.4 is 10.5 Å². The summed E-state index contributed by atoms with van der Waals surface area (Å²) in [7, 11) is 1.66. The third-order valence-electron chi connectivity index (χ3n) is 2.39. The fraction of sp³-hybridized carbons (Fsp3) is 0.364. The summed E-state index contributed by atoms with van der Waals surface area (Å²) in [6, 6.07) is 4.17. The maximum absolute atomic E-state index is 5.69. The maximum Gasteiger partial charge on any atom is 0.181 e. The Hall–Kier alpha value is -1.29. The molecule has 0 atom stereocenters. The molecule has 2 rings (SSSR count). The molecule has 80 valence electrons. The van der Waals surface area contributed by atoms with Gasteiger partial charge in [-0.1, -0.05) is 25.2 Å². The SMILES string of the molecule is COc1cc(C(C)C)cc2sc(N)nc12. The van der Waals surface area contributed by atoms with Crippen LogP contribution in [0.1, 0.15) is 25.3 Å². The third-order valence-corrected chi connectivity index (χ3v) is 3.22. The van der Waals surface area contributed by atoms with Crippen molar-refractivity contribution in [3.8, 4) is 5.75 Å². The number of thiazole rings is 1. The van der Waals surface area contributed by atoms with Crippen molar-refractivity contribution in [1.29, 1.82) is 0 Å². The van der Waals surface area contributed by atoms with Crippen LogP contribution in [-0.2, 0) is 0 Å². The lowest BCUT2D eigenvalue weighted by Crippen LogP contribution is -1.91. The van der Waals surface area contributed by atoms with E-state index in [1.165, 1.54) is 16.9 Å². The smallest absolute Gasteiger partial charge is 0.181 e. The highest BCUT2D eigenvalue weighted by atomic mass is 32.1. The number of benzene rings is 1. The van der Waals surface area contributed by atoms with Crippen LogP contribution in [0, 0.1) is 0 Å². The highest BCUT2D eigenvalue weighted by molar-refractivity contribution is 7.22. The lowest BCUT2D eigenvalue weighted by Gasteiger charge is -2.08. The number of nitrogens with two attached hydrogens (primary N) is 1. The van der Waals surface area contributed by atoms with Gasteiger partial charge in [0.05, 0.1) is 11.8 Å². The van der Waals surface area contributed by atoms with Crippen molar-refractivity contribution >= 4 is 26.7 Å². The number of hydrogen-bond donors (Lipinski definition) is 1. The van der Waals surface area contributed by atoms with E-state index >= 15 is 0 Å². The lowest BCUT2D eigenvalue weighted by molar-refractivity contribution is 0.418. The van der Waals surface area contributed by atoms with E-state index in [9.17, 15) is 0 Å². The van der Waals surface area contributed by atoms with Gasteiger partial charge in [0.25, 0.3) is 0 Å². The van der Waals surface area contributed by atoms with Gasteiger partial charge < -0.3 is 10.5 Å². The molecule has 2 N–H and O–H groups in total. The zero-order valence-electron chi connectivity index (χ0n) is 9.07. The normalized spacial score (nSPS) is 11.2. The van der Waals surface area contributed by atoms with E-state index in [2.05, 4.69) is 24.9 Å². The van der Waals surface area contributed by atoms with E-state index in [4.69, 9.17) is 10.5 Å². The Labute approximate surface area is 92.9 Å². The number of ether oxygens (including phenoxy) is 1. The first-order valence-electron chi connectivity index (χ1n) is 4.85. The van der Waals surface area contributed by atoms with Gasteiger partial charge in [-0.15, -0.1) is 0 Å². The summed E-state index contributed by atoms with van der Waals surface area (Å²) in [6.07, 6.45) is 0. The Morgan fingerprint density at radius 1 is 1.40 bits per heavy atom. The van der Waals surface area contributed by atoms with Crippen molar-refractivity contribution in [2.45, 2.75) is 19.8 Å². The zero-order chi connectivity index (χ0) is 11.0. The molecule has 0 radical (unpaired) electrons. The number of nitrogen functional groups attached to an aromatic ring is 1. The van der Waals surface area contributed by atoms with Gasteiger partial charge in [-0.3, -0.25) is 0 Å². The van der Waals surface area contributed by atoms with E-state index in [0.717, 1.165) is 16.0 Å². The average molecular weight is 222 g/mol. The second-order valence-electron chi connectivity index (χ2n) is 3.78. The minimum Gasteiger partial charge on any atom is -0.494 e. The fourth-order valence-electron chi connectivity index (χ4n) is 1.53. The lowest BCUT2D eigenvalue weighted by atomic mass is 10.0. The molecule has 3 nitrogen and oxygen atoms in total. The average Bonchev–Trinajstić information content (AvgIpc) is 2.56. The molecule has 0 bridgehead atoms. The van der Waals surface area contributed by atoms with Gasteiger partial charge in [-0.2, -0.15) is 0 Å². The van der Waals surface area contributed by atoms with Gasteiger partial charge in [0, 0.05) is 0 Å². The van der Waals surface area contributed by atoms with Crippen LogP contribution in [0.4, 0.5) is 5.13 Å². The first-order valence-corrected chi connectivity index (χ1v) is 5.67. The molecule has 4 heteroatoms. The molecule has 2 aromatic rings. The maximum atomic E-state index is 5.69. The summed E-state index contributed by atoms with van der Waals surface area (Å²) in [5.74, 6) is 1.29. The Balaban J connectivity index is 2.70. The van der Waals surface area contributed by atoms with Crippen LogP contribution in [0.5, 0.6) is 5.75 Å². The monoisotopic (exact) mass is 222 g/mol. The van der Waals surface area contributed by atoms with Gasteiger partial charge in [-0.25, -0.2) is 4.98 Å². The highest BCUT2D eigenvalue weighted by Crippen LogP contribution is 2.34. The van der Waals surface area contributed by atoms with E-state index in [0.29, 0.717) is 11.0 Å². The Morgan fingerprint density at radius 2 is 2.13 bits per heavy atom. The molecule has 15 heavy (non-hydrogen) atoms. The molecule has 0 saturated heterocycles. The second-order valence-corrected chi connectivity index (χ2v) is 4.84. The molecule has 0 saturated carbocycles. The van der Waals surface area contributed by atoms with Crippen LogP contribution >= 0.6 is 11.3 Å². The molecule has 0 spiro atoms. The van der Waals surface area contributed by atoms with Crippen LogP contribution in [-0.4, -0.2) is 12.1 Å².